The van der Waals surface area contributed by atoms with Crippen molar-refractivity contribution in [3.63, 3.8) is 0 Å². The lowest BCUT2D eigenvalue weighted by Gasteiger charge is -2.28. The van der Waals surface area contributed by atoms with Crippen molar-refractivity contribution >= 4 is 5.91 Å². The average Bonchev–Trinajstić information content (AvgIpc) is 3.05. The minimum Gasteiger partial charge on any atom is -0.352 e. The highest BCUT2D eigenvalue weighted by Gasteiger charge is 2.38. The molecule has 1 saturated carbocycles. The summed E-state index contributed by atoms with van der Waals surface area (Å²) in [5.41, 5.74) is 2.27. The maximum atomic E-state index is 13.4. The summed E-state index contributed by atoms with van der Waals surface area (Å²) in [6, 6.07) is 8.18. The molecular formula is C19H26F2N2O. The molecule has 0 aromatic heterocycles. The zero-order valence-electron chi connectivity index (χ0n) is 14.1. The van der Waals surface area contributed by atoms with Gasteiger partial charge in [0, 0.05) is 31.8 Å². The van der Waals surface area contributed by atoms with Crippen LogP contribution in [0.15, 0.2) is 24.3 Å². The second-order valence-electron chi connectivity index (χ2n) is 7.17. The maximum Gasteiger partial charge on any atom is 0.248 e. The molecule has 24 heavy (non-hydrogen) atoms. The number of nitrogens with zero attached hydrogens (tertiary/aromatic N) is 1. The van der Waals surface area contributed by atoms with Crippen molar-refractivity contribution in [2.45, 2.75) is 57.5 Å². The first-order chi connectivity index (χ1) is 11.5. The van der Waals surface area contributed by atoms with Crippen LogP contribution in [-0.2, 0) is 17.9 Å². The van der Waals surface area contributed by atoms with E-state index in [1.54, 1.807) is 0 Å². The van der Waals surface area contributed by atoms with Gasteiger partial charge in [-0.1, -0.05) is 24.3 Å². The van der Waals surface area contributed by atoms with Crippen LogP contribution in [0.3, 0.4) is 0 Å². The predicted octanol–water partition coefficient (Wildman–Crippen LogP) is 3.72. The Kier molecular flexibility index (Phi) is 5.49. The van der Waals surface area contributed by atoms with Crippen molar-refractivity contribution in [2.75, 3.05) is 13.1 Å². The van der Waals surface area contributed by atoms with E-state index in [1.165, 1.54) is 18.4 Å². The molecule has 1 saturated heterocycles. The molecule has 3 rings (SSSR count). The summed E-state index contributed by atoms with van der Waals surface area (Å²) >= 11 is 0. The largest absolute Gasteiger partial charge is 0.352 e. The van der Waals surface area contributed by atoms with Crippen molar-refractivity contribution in [3.05, 3.63) is 35.4 Å². The molecule has 0 unspecified atom stereocenters. The van der Waals surface area contributed by atoms with Gasteiger partial charge in [0.15, 0.2) is 0 Å². The van der Waals surface area contributed by atoms with Crippen LogP contribution in [-0.4, -0.2) is 29.8 Å². The third-order valence-corrected chi connectivity index (χ3v) is 5.07. The maximum absolute atomic E-state index is 13.4. The highest BCUT2D eigenvalue weighted by atomic mass is 19.3. The minimum absolute atomic E-state index is 0.0880. The summed E-state index contributed by atoms with van der Waals surface area (Å²) in [5, 5.41) is 2.84. The lowest BCUT2D eigenvalue weighted by Crippen LogP contribution is -2.37. The van der Waals surface area contributed by atoms with Gasteiger partial charge in [-0.2, -0.15) is 0 Å². The van der Waals surface area contributed by atoms with Gasteiger partial charge in [-0.3, -0.25) is 9.69 Å². The van der Waals surface area contributed by atoms with E-state index in [-0.39, 0.29) is 18.7 Å². The molecule has 132 valence electrons. The summed E-state index contributed by atoms with van der Waals surface area (Å²) in [5.74, 6) is -3.48. The number of halogens is 2. The minimum atomic E-state index is -2.68. The second-order valence-corrected chi connectivity index (χ2v) is 7.17. The Hall–Kier alpha value is -1.49. The van der Waals surface area contributed by atoms with Crippen molar-refractivity contribution in [1.82, 2.24) is 10.2 Å². The quantitative estimate of drug-likeness (QED) is 0.889. The molecule has 0 bridgehead atoms. The van der Waals surface area contributed by atoms with E-state index >= 15 is 0 Å². The van der Waals surface area contributed by atoms with Crippen LogP contribution in [0.25, 0.3) is 0 Å². The van der Waals surface area contributed by atoms with Crippen LogP contribution < -0.4 is 5.32 Å². The first-order valence-corrected chi connectivity index (χ1v) is 8.98. The van der Waals surface area contributed by atoms with Gasteiger partial charge in [0.1, 0.15) is 0 Å². The summed E-state index contributed by atoms with van der Waals surface area (Å²) < 4.78 is 26.9. The van der Waals surface area contributed by atoms with E-state index in [1.807, 2.05) is 12.1 Å². The Morgan fingerprint density at radius 3 is 2.71 bits per heavy atom. The molecule has 5 heteroatoms. The highest BCUT2D eigenvalue weighted by Crippen LogP contribution is 2.36. The Morgan fingerprint density at radius 1 is 1.21 bits per heavy atom. The topological polar surface area (TPSA) is 32.3 Å². The van der Waals surface area contributed by atoms with Gasteiger partial charge in [-0.15, -0.1) is 0 Å². The number of benzene rings is 1. The van der Waals surface area contributed by atoms with Crippen molar-refractivity contribution in [2.24, 2.45) is 5.92 Å². The molecule has 0 spiro atoms. The van der Waals surface area contributed by atoms with Crippen LogP contribution in [0, 0.1) is 5.92 Å². The SMILES string of the molecule is O=C(NCc1cccc(CN2CCCC2)c1)[C@H]1CCCC(F)(F)C1. The fraction of sp³-hybridized carbons (Fsp3) is 0.632. The van der Waals surface area contributed by atoms with E-state index in [4.69, 9.17) is 0 Å². The van der Waals surface area contributed by atoms with Crippen molar-refractivity contribution in [1.29, 1.82) is 0 Å². The zero-order chi connectivity index (χ0) is 17.0. The zero-order valence-corrected chi connectivity index (χ0v) is 14.1. The number of nitrogens with one attached hydrogen (secondary N) is 1. The first kappa shape index (κ1) is 17.3. The number of carbonyl (C=O) groups is 1. The van der Waals surface area contributed by atoms with Crippen LogP contribution in [0.2, 0.25) is 0 Å². The molecule has 1 atom stereocenters. The molecule has 1 amide bonds. The molecule has 1 aliphatic heterocycles. The lowest BCUT2D eigenvalue weighted by atomic mass is 9.86. The molecule has 1 heterocycles. The number of carbonyl (C=O) groups excluding carboxylic acids is 1. The molecule has 1 aliphatic carbocycles. The third kappa shape index (κ3) is 4.76. The van der Waals surface area contributed by atoms with E-state index in [2.05, 4.69) is 22.3 Å². The fourth-order valence-corrected chi connectivity index (χ4v) is 3.77. The van der Waals surface area contributed by atoms with E-state index in [0.717, 1.165) is 25.2 Å². The second kappa shape index (κ2) is 7.60. The van der Waals surface area contributed by atoms with Crippen LogP contribution in [0.5, 0.6) is 0 Å². The number of hydrogen-bond acceptors (Lipinski definition) is 2. The number of alkyl halides is 2. The third-order valence-electron chi connectivity index (χ3n) is 5.07. The van der Waals surface area contributed by atoms with Crippen molar-refractivity contribution in [3.8, 4) is 0 Å². The van der Waals surface area contributed by atoms with Gasteiger partial charge >= 0.3 is 0 Å². The molecule has 2 fully saturated rings. The number of hydrogen-bond donors (Lipinski definition) is 1. The Morgan fingerprint density at radius 2 is 1.96 bits per heavy atom. The van der Waals surface area contributed by atoms with E-state index in [0.29, 0.717) is 19.4 Å². The van der Waals surface area contributed by atoms with Crippen LogP contribution in [0.4, 0.5) is 8.78 Å². The fourth-order valence-electron chi connectivity index (χ4n) is 3.77. The molecule has 3 nitrogen and oxygen atoms in total. The van der Waals surface area contributed by atoms with Gasteiger partial charge in [-0.05, 0) is 49.9 Å². The van der Waals surface area contributed by atoms with Gasteiger partial charge in [0.05, 0.1) is 0 Å². The molecule has 1 aromatic carbocycles. The summed E-state index contributed by atoms with van der Waals surface area (Å²) in [7, 11) is 0. The molecule has 1 N–H and O–H groups in total. The monoisotopic (exact) mass is 336 g/mol. The smallest absolute Gasteiger partial charge is 0.248 e. The lowest BCUT2D eigenvalue weighted by molar-refractivity contribution is -0.132. The van der Waals surface area contributed by atoms with Crippen molar-refractivity contribution < 1.29 is 13.6 Å². The summed E-state index contributed by atoms with van der Waals surface area (Å²) in [4.78, 5) is 14.6. The van der Waals surface area contributed by atoms with E-state index in [9.17, 15) is 13.6 Å². The average molecular weight is 336 g/mol. The van der Waals surface area contributed by atoms with Gasteiger partial charge in [-0.25, -0.2) is 8.78 Å². The molecule has 1 aromatic rings. The molecular weight excluding hydrogens is 310 g/mol. The molecule has 0 radical (unpaired) electrons. The summed E-state index contributed by atoms with van der Waals surface area (Å²) in [6.45, 7) is 3.65. The Balaban J connectivity index is 1.51. The van der Waals surface area contributed by atoms with E-state index < -0.39 is 11.8 Å². The Bertz CT molecular complexity index is 570. The number of amides is 1. The van der Waals surface area contributed by atoms with Gasteiger partial charge < -0.3 is 5.32 Å². The summed E-state index contributed by atoms with van der Waals surface area (Å²) in [6.07, 6.45) is 3.12. The van der Waals surface area contributed by atoms with Gasteiger partial charge in [0.2, 0.25) is 11.8 Å². The van der Waals surface area contributed by atoms with Crippen LogP contribution in [0.1, 0.15) is 49.7 Å². The predicted molar refractivity (Wildman–Crippen MR) is 89.7 cm³/mol. The van der Waals surface area contributed by atoms with Crippen LogP contribution >= 0.6 is 0 Å². The standard InChI is InChI=1S/C19H26F2N2O/c20-19(21)8-4-7-17(12-19)18(24)22-13-15-5-3-6-16(11-15)14-23-9-1-2-10-23/h3,5-6,11,17H,1-2,4,7-10,12-14H2,(H,22,24)/t17-/m0/s1. The Labute approximate surface area is 142 Å². The molecule has 2 aliphatic rings. The normalized spacial score (nSPS) is 24.0. The number of likely N-dealkylation sites (tertiary alicyclic amines) is 1. The number of rotatable bonds is 5. The van der Waals surface area contributed by atoms with Gasteiger partial charge in [0.25, 0.3) is 0 Å². The first-order valence-electron chi connectivity index (χ1n) is 8.98. The highest BCUT2D eigenvalue weighted by molar-refractivity contribution is 5.78.